The minimum Gasteiger partial charge on any atom is -0.388 e. The quantitative estimate of drug-likeness (QED) is 0.708. The third-order valence-electron chi connectivity index (χ3n) is 2.88. The van der Waals surface area contributed by atoms with Gasteiger partial charge in [-0.15, -0.1) is 0 Å². The van der Waals surface area contributed by atoms with E-state index in [1.165, 1.54) is 0 Å². The molecule has 0 amide bonds. The second kappa shape index (κ2) is 7.51. The van der Waals surface area contributed by atoms with Crippen LogP contribution in [0.5, 0.6) is 0 Å². The lowest BCUT2D eigenvalue weighted by Crippen LogP contribution is -2.06. The van der Waals surface area contributed by atoms with Crippen molar-refractivity contribution < 1.29 is 9.84 Å². The van der Waals surface area contributed by atoms with Crippen molar-refractivity contribution in [3.63, 3.8) is 0 Å². The maximum Gasteiger partial charge on any atom is 0.0802 e. The molecule has 3 heteroatoms. The van der Waals surface area contributed by atoms with E-state index in [2.05, 4.69) is 18.4 Å². The van der Waals surface area contributed by atoms with Crippen LogP contribution in [0.2, 0.25) is 0 Å². The molecule has 0 saturated heterocycles. The molecule has 0 aliphatic heterocycles. The molecule has 98 valence electrons. The Morgan fingerprint density at radius 3 is 2.76 bits per heavy atom. The van der Waals surface area contributed by atoms with Gasteiger partial charge in [-0.2, -0.15) is 0 Å². The standard InChI is InChI=1S/C14H25NO2/c1-4-14(16)13-5-7-15(11-13)8-10-17-9-6-12(2)3/h5,7,11-12,14,16H,4,6,8-10H2,1-3H3. The van der Waals surface area contributed by atoms with Crippen molar-refractivity contribution in [1.82, 2.24) is 4.57 Å². The lowest BCUT2D eigenvalue weighted by molar-refractivity contribution is 0.116. The van der Waals surface area contributed by atoms with Crippen LogP contribution in [0.4, 0.5) is 0 Å². The highest BCUT2D eigenvalue weighted by Gasteiger charge is 2.05. The minimum absolute atomic E-state index is 0.335. The van der Waals surface area contributed by atoms with Gasteiger partial charge in [-0.25, -0.2) is 0 Å². The van der Waals surface area contributed by atoms with Gasteiger partial charge in [0, 0.05) is 25.5 Å². The molecule has 1 atom stereocenters. The molecule has 0 bridgehead atoms. The summed E-state index contributed by atoms with van der Waals surface area (Å²) in [4.78, 5) is 0. The predicted octanol–water partition coefficient (Wildman–Crippen LogP) is 2.99. The molecule has 3 nitrogen and oxygen atoms in total. The molecule has 1 aromatic rings. The zero-order valence-electron chi connectivity index (χ0n) is 11.2. The van der Waals surface area contributed by atoms with Gasteiger partial charge in [-0.05, 0) is 30.4 Å². The van der Waals surface area contributed by atoms with Crippen LogP contribution in [0, 0.1) is 5.92 Å². The van der Waals surface area contributed by atoms with Gasteiger partial charge < -0.3 is 14.4 Å². The van der Waals surface area contributed by atoms with Crippen LogP contribution in [-0.2, 0) is 11.3 Å². The third kappa shape index (κ3) is 5.37. The Hall–Kier alpha value is -0.800. The average molecular weight is 239 g/mol. The molecule has 0 spiro atoms. The number of aromatic nitrogens is 1. The monoisotopic (exact) mass is 239 g/mol. The first-order valence-electron chi connectivity index (χ1n) is 6.55. The first-order chi connectivity index (χ1) is 8.13. The molecule has 1 N–H and O–H groups in total. The summed E-state index contributed by atoms with van der Waals surface area (Å²) >= 11 is 0. The van der Waals surface area contributed by atoms with Crippen LogP contribution in [0.25, 0.3) is 0 Å². The molecule has 0 aliphatic carbocycles. The lowest BCUT2D eigenvalue weighted by atomic mass is 10.1. The molecule has 0 fully saturated rings. The Bertz CT molecular complexity index is 307. The topological polar surface area (TPSA) is 34.4 Å². The average Bonchev–Trinajstić information content (AvgIpc) is 2.76. The van der Waals surface area contributed by atoms with Crippen LogP contribution >= 0.6 is 0 Å². The Labute approximate surface area is 104 Å². The second-order valence-corrected chi connectivity index (χ2v) is 4.90. The number of nitrogens with zero attached hydrogens (tertiary/aromatic N) is 1. The van der Waals surface area contributed by atoms with Crippen molar-refractivity contribution >= 4 is 0 Å². The Kier molecular flexibility index (Phi) is 6.30. The third-order valence-corrected chi connectivity index (χ3v) is 2.88. The summed E-state index contributed by atoms with van der Waals surface area (Å²) in [5.41, 5.74) is 0.995. The molecule has 0 aromatic carbocycles. The van der Waals surface area contributed by atoms with E-state index in [9.17, 15) is 5.11 Å². The smallest absolute Gasteiger partial charge is 0.0802 e. The van der Waals surface area contributed by atoms with Gasteiger partial charge in [0.1, 0.15) is 0 Å². The fourth-order valence-corrected chi connectivity index (χ4v) is 1.62. The number of hydrogen-bond donors (Lipinski definition) is 1. The van der Waals surface area contributed by atoms with Gasteiger partial charge >= 0.3 is 0 Å². The van der Waals surface area contributed by atoms with Gasteiger partial charge in [-0.1, -0.05) is 20.8 Å². The molecular weight excluding hydrogens is 214 g/mol. The molecule has 1 rings (SSSR count). The zero-order valence-corrected chi connectivity index (χ0v) is 11.2. The Morgan fingerprint density at radius 2 is 2.12 bits per heavy atom. The molecule has 1 aromatic heterocycles. The van der Waals surface area contributed by atoms with Gasteiger partial charge in [0.25, 0.3) is 0 Å². The number of rotatable bonds is 8. The van der Waals surface area contributed by atoms with E-state index in [4.69, 9.17) is 4.74 Å². The van der Waals surface area contributed by atoms with Crippen molar-refractivity contribution in [2.24, 2.45) is 5.92 Å². The highest BCUT2D eigenvalue weighted by Crippen LogP contribution is 2.15. The number of ether oxygens (including phenoxy) is 1. The minimum atomic E-state index is -0.335. The van der Waals surface area contributed by atoms with E-state index in [1.54, 1.807) is 0 Å². The molecule has 17 heavy (non-hydrogen) atoms. The Balaban J connectivity index is 2.21. The maximum absolute atomic E-state index is 9.67. The maximum atomic E-state index is 9.67. The predicted molar refractivity (Wildman–Crippen MR) is 70.0 cm³/mol. The molecule has 0 radical (unpaired) electrons. The van der Waals surface area contributed by atoms with E-state index >= 15 is 0 Å². The fourth-order valence-electron chi connectivity index (χ4n) is 1.62. The molecule has 0 saturated carbocycles. The molecule has 1 heterocycles. The van der Waals surface area contributed by atoms with Crippen molar-refractivity contribution in [3.05, 3.63) is 24.0 Å². The van der Waals surface area contributed by atoms with E-state index in [0.29, 0.717) is 5.92 Å². The molecule has 1 unspecified atom stereocenters. The van der Waals surface area contributed by atoms with Crippen LogP contribution in [0.3, 0.4) is 0 Å². The van der Waals surface area contributed by atoms with E-state index in [-0.39, 0.29) is 6.10 Å². The van der Waals surface area contributed by atoms with E-state index in [0.717, 1.165) is 38.2 Å². The van der Waals surface area contributed by atoms with Crippen molar-refractivity contribution in [2.45, 2.75) is 46.3 Å². The Morgan fingerprint density at radius 1 is 1.35 bits per heavy atom. The second-order valence-electron chi connectivity index (χ2n) is 4.90. The highest BCUT2D eigenvalue weighted by atomic mass is 16.5. The summed E-state index contributed by atoms with van der Waals surface area (Å²) in [6.45, 7) is 8.82. The summed E-state index contributed by atoms with van der Waals surface area (Å²) in [5.74, 6) is 0.702. The van der Waals surface area contributed by atoms with Crippen LogP contribution in [-0.4, -0.2) is 22.9 Å². The number of aliphatic hydroxyl groups excluding tert-OH is 1. The molecule has 0 aliphatic rings. The summed E-state index contributed by atoms with van der Waals surface area (Å²) in [6, 6.07) is 1.97. The summed E-state index contributed by atoms with van der Waals surface area (Å²) in [5, 5.41) is 9.67. The van der Waals surface area contributed by atoms with E-state index in [1.807, 2.05) is 25.4 Å². The summed E-state index contributed by atoms with van der Waals surface area (Å²) < 4.78 is 7.63. The van der Waals surface area contributed by atoms with Crippen molar-refractivity contribution in [2.75, 3.05) is 13.2 Å². The summed E-state index contributed by atoms with van der Waals surface area (Å²) in [6.07, 6.45) is 5.54. The SMILES string of the molecule is CCC(O)c1ccn(CCOCCC(C)C)c1. The summed E-state index contributed by atoms with van der Waals surface area (Å²) in [7, 11) is 0. The van der Waals surface area contributed by atoms with Crippen LogP contribution in [0.15, 0.2) is 18.5 Å². The van der Waals surface area contributed by atoms with Gasteiger partial charge in [-0.3, -0.25) is 0 Å². The first-order valence-corrected chi connectivity index (χ1v) is 6.55. The van der Waals surface area contributed by atoms with Crippen molar-refractivity contribution in [1.29, 1.82) is 0 Å². The van der Waals surface area contributed by atoms with Crippen LogP contribution < -0.4 is 0 Å². The molecular formula is C14H25NO2. The van der Waals surface area contributed by atoms with Gasteiger partial charge in [0.2, 0.25) is 0 Å². The van der Waals surface area contributed by atoms with Crippen molar-refractivity contribution in [3.8, 4) is 0 Å². The highest BCUT2D eigenvalue weighted by molar-refractivity contribution is 5.13. The fraction of sp³-hybridized carbons (Fsp3) is 0.714. The first kappa shape index (κ1) is 14.3. The normalized spacial score (nSPS) is 13.2. The van der Waals surface area contributed by atoms with Crippen LogP contribution in [0.1, 0.15) is 45.3 Å². The number of aliphatic hydroxyl groups is 1. The van der Waals surface area contributed by atoms with Gasteiger partial charge in [0.05, 0.1) is 12.7 Å². The number of hydrogen-bond acceptors (Lipinski definition) is 2. The van der Waals surface area contributed by atoms with Gasteiger partial charge in [0.15, 0.2) is 0 Å². The zero-order chi connectivity index (χ0) is 12.7. The largest absolute Gasteiger partial charge is 0.388 e. The lowest BCUT2D eigenvalue weighted by Gasteiger charge is -2.07. The van der Waals surface area contributed by atoms with E-state index < -0.39 is 0 Å².